The van der Waals surface area contributed by atoms with Gasteiger partial charge in [0.15, 0.2) is 0 Å². The van der Waals surface area contributed by atoms with Gasteiger partial charge >= 0.3 is 0 Å². The number of ether oxygens (including phenoxy) is 2. The average molecular weight is 434 g/mol. The number of carbonyl (C=O) groups excluding carboxylic acids is 2. The van der Waals surface area contributed by atoms with Gasteiger partial charge in [0.1, 0.15) is 24.1 Å². The monoisotopic (exact) mass is 433 g/mol. The molecule has 3 aromatic rings. The van der Waals surface area contributed by atoms with Crippen LogP contribution in [0.4, 0.5) is 5.69 Å². The molecule has 0 radical (unpaired) electrons. The molecule has 0 bridgehead atoms. The number of nitrogens with zero attached hydrogens (tertiary/aromatic N) is 1. The van der Waals surface area contributed by atoms with Gasteiger partial charge < -0.3 is 25.0 Å². The first kappa shape index (κ1) is 21.6. The zero-order valence-corrected chi connectivity index (χ0v) is 18.4. The van der Waals surface area contributed by atoms with E-state index in [1.807, 2.05) is 60.7 Å². The molecule has 2 N–H and O–H groups in total. The van der Waals surface area contributed by atoms with Crippen LogP contribution in [0.2, 0.25) is 0 Å². The molecule has 166 valence electrons. The zero-order chi connectivity index (χ0) is 22.7. The maximum Gasteiger partial charge on any atom is 0.253 e. The number of methoxy groups -OCH3 is 1. The lowest BCUT2D eigenvalue weighted by Gasteiger charge is -2.27. The third-order valence-corrected chi connectivity index (χ3v) is 5.80. The Morgan fingerprint density at radius 1 is 1.16 bits per heavy atom. The number of rotatable bonds is 6. The quantitative estimate of drug-likeness (QED) is 0.625. The summed E-state index contributed by atoms with van der Waals surface area (Å²) in [7, 11) is 3.32. The lowest BCUT2D eigenvalue weighted by Crippen LogP contribution is -2.53. The molecule has 7 heteroatoms. The molecule has 4 rings (SSSR count). The fourth-order valence-corrected chi connectivity index (χ4v) is 3.88. The summed E-state index contributed by atoms with van der Waals surface area (Å²) in [6.07, 6.45) is 0. The van der Waals surface area contributed by atoms with Gasteiger partial charge in [0, 0.05) is 5.56 Å². The van der Waals surface area contributed by atoms with Crippen molar-refractivity contribution in [1.29, 1.82) is 0 Å². The molecule has 0 saturated carbocycles. The number of hydrogen-bond donors (Lipinski definition) is 2. The Bertz CT molecular complexity index is 1150. The summed E-state index contributed by atoms with van der Waals surface area (Å²) < 4.78 is 11.6. The van der Waals surface area contributed by atoms with E-state index in [2.05, 4.69) is 10.6 Å². The highest BCUT2D eigenvalue weighted by atomic mass is 16.5. The van der Waals surface area contributed by atoms with Crippen LogP contribution in [0.15, 0.2) is 60.7 Å². The molecule has 0 aromatic heterocycles. The molecule has 0 fully saturated rings. The lowest BCUT2D eigenvalue weighted by atomic mass is 10.0. The largest absolute Gasteiger partial charge is 0.496 e. The third kappa shape index (κ3) is 4.11. The summed E-state index contributed by atoms with van der Waals surface area (Å²) in [5.41, 5.74) is 1.55. The predicted octanol–water partition coefficient (Wildman–Crippen LogP) is 2.87. The van der Waals surface area contributed by atoms with Crippen LogP contribution in [0.5, 0.6) is 11.5 Å². The molecule has 0 unspecified atom stereocenters. The summed E-state index contributed by atoms with van der Waals surface area (Å²) in [5.74, 6) is 0.798. The summed E-state index contributed by atoms with van der Waals surface area (Å²) in [6, 6.07) is 18.1. The van der Waals surface area contributed by atoms with Gasteiger partial charge in [0.2, 0.25) is 5.91 Å². The maximum atomic E-state index is 13.7. The number of carbonyl (C=O) groups is 2. The standard InChI is InChI=1S/C25H27N3O4/c1-16(26-2)24(29)27-20-15-32-23-11-7-6-10-21(23)28(25(20)30)14-19-18-9-5-4-8-17(18)12-13-22(19)31-3/h4-13,16,20,26H,14-15H2,1-3H3,(H,27,29)/t16-,20-/m0/s1. The smallest absolute Gasteiger partial charge is 0.253 e. The summed E-state index contributed by atoms with van der Waals surface area (Å²) >= 11 is 0. The molecule has 2 amide bonds. The first-order chi connectivity index (χ1) is 15.5. The number of anilines is 1. The highest BCUT2D eigenvalue weighted by Gasteiger charge is 2.34. The fraction of sp³-hybridized carbons (Fsp3) is 0.280. The second-order valence-electron chi connectivity index (χ2n) is 7.74. The van der Waals surface area contributed by atoms with Gasteiger partial charge in [-0.3, -0.25) is 9.59 Å². The second kappa shape index (κ2) is 9.28. The number of fused-ring (bicyclic) bond motifs is 2. The Morgan fingerprint density at radius 3 is 2.69 bits per heavy atom. The first-order valence-corrected chi connectivity index (χ1v) is 10.6. The van der Waals surface area contributed by atoms with Crippen molar-refractivity contribution in [3.8, 4) is 11.5 Å². The van der Waals surface area contributed by atoms with Crippen molar-refractivity contribution in [2.75, 3.05) is 25.7 Å². The van der Waals surface area contributed by atoms with Gasteiger partial charge in [-0.1, -0.05) is 42.5 Å². The van der Waals surface area contributed by atoms with E-state index in [0.717, 1.165) is 16.3 Å². The Balaban J connectivity index is 1.76. The Kier molecular flexibility index (Phi) is 6.28. The van der Waals surface area contributed by atoms with Crippen molar-refractivity contribution >= 4 is 28.3 Å². The third-order valence-electron chi connectivity index (χ3n) is 5.80. The molecule has 1 aliphatic rings. The van der Waals surface area contributed by atoms with Crippen LogP contribution >= 0.6 is 0 Å². The van der Waals surface area contributed by atoms with Gasteiger partial charge in [-0.25, -0.2) is 0 Å². The van der Waals surface area contributed by atoms with E-state index in [1.165, 1.54) is 0 Å². The minimum absolute atomic E-state index is 0.0567. The van der Waals surface area contributed by atoms with E-state index in [4.69, 9.17) is 9.47 Å². The highest BCUT2D eigenvalue weighted by Crippen LogP contribution is 2.35. The molecule has 2 atom stereocenters. The van der Waals surface area contributed by atoms with Crippen molar-refractivity contribution < 1.29 is 19.1 Å². The van der Waals surface area contributed by atoms with E-state index in [1.54, 1.807) is 26.0 Å². The molecule has 0 spiro atoms. The van der Waals surface area contributed by atoms with Gasteiger partial charge in [-0.05, 0) is 42.9 Å². The lowest BCUT2D eigenvalue weighted by molar-refractivity contribution is -0.129. The first-order valence-electron chi connectivity index (χ1n) is 10.6. The molecule has 1 heterocycles. The second-order valence-corrected chi connectivity index (χ2v) is 7.74. The molecule has 3 aromatic carbocycles. The van der Waals surface area contributed by atoms with E-state index in [9.17, 15) is 9.59 Å². The number of likely N-dealkylation sites (N-methyl/N-ethyl adjacent to an activating group) is 1. The van der Waals surface area contributed by atoms with Crippen LogP contribution in [0.1, 0.15) is 12.5 Å². The van der Waals surface area contributed by atoms with Crippen molar-refractivity contribution in [2.24, 2.45) is 0 Å². The van der Waals surface area contributed by atoms with Gasteiger partial charge in [0.25, 0.3) is 5.91 Å². The number of amides is 2. The van der Waals surface area contributed by atoms with Gasteiger partial charge in [0.05, 0.1) is 25.4 Å². The van der Waals surface area contributed by atoms with Crippen LogP contribution in [0.3, 0.4) is 0 Å². The normalized spacial score (nSPS) is 16.7. The van der Waals surface area contributed by atoms with Crippen LogP contribution < -0.4 is 25.0 Å². The topological polar surface area (TPSA) is 79.9 Å². The zero-order valence-electron chi connectivity index (χ0n) is 18.4. The summed E-state index contributed by atoms with van der Waals surface area (Å²) in [6.45, 7) is 2.07. The van der Waals surface area contributed by atoms with Crippen LogP contribution in [0, 0.1) is 0 Å². The van der Waals surface area contributed by atoms with Crippen molar-refractivity contribution in [3.05, 3.63) is 66.2 Å². The highest BCUT2D eigenvalue weighted by molar-refractivity contribution is 6.02. The van der Waals surface area contributed by atoms with Crippen molar-refractivity contribution in [3.63, 3.8) is 0 Å². The van der Waals surface area contributed by atoms with Crippen LogP contribution in [-0.4, -0.2) is 44.7 Å². The van der Waals surface area contributed by atoms with Crippen LogP contribution in [0.25, 0.3) is 10.8 Å². The maximum absolute atomic E-state index is 13.7. The summed E-state index contributed by atoms with van der Waals surface area (Å²) in [4.78, 5) is 27.8. The molecule has 7 nitrogen and oxygen atoms in total. The molecule has 0 saturated heterocycles. The van der Waals surface area contributed by atoms with E-state index >= 15 is 0 Å². The number of hydrogen-bond acceptors (Lipinski definition) is 5. The summed E-state index contributed by atoms with van der Waals surface area (Å²) in [5, 5.41) is 7.78. The van der Waals surface area contributed by atoms with Crippen molar-refractivity contribution in [1.82, 2.24) is 10.6 Å². The number of nitrogens with one attached hydrogen (secondary N) is 2. The van der Waals surface area contributed by atoms with Crippen LogP contribution in [-0.2, 0) is 16.1 Å². The van der Waals surface area contributed by atoms with Gasteiger partial charge in [-0.2, -0.15) is 0 Å². The average Bonchev–Trinajstić information content (AvgIpc) is 2.95. The molecule has 32 heavy (non-hydrogen) atoms. The molecule has 1 aliphatic heterocycles. The Hall–Kier alpha value is -3.58. The molecular formula is C25H27N3O4. The van der Waals surface area contributed by atoms with Gasteiger partial charge in [-0.15, -0.1) is 0 Å². The Labute approximate surface area is 187 Å². The number of para-hydroxylation sites is 2. The van der Waals surface area contributed by atoms with E-state index in [-0.39, 0.29) is 25.0 Å². The SMILES string of the molecule is CN[C@@H](C)C(=O)N[C@H]1COc2ccccc2N(Cc2c(OC)ccc3ccccc23)C1=O. The fourth-order valence-electron chi connectivity index (χ4n) is 3.88. The van der Waals surface area contributed by atoms with Crippen molar-refractivity contribution in [2.45, 2.75) is 25.6 Å². The molecule has 0 aliphatic carbocycles. The minimum atomic E-state index is -0.813. The Morgan fingerprint density at radius 2 is 1.91 bits per heavy atom. The van der Waals surface area contributed by atoms with E-state index < -0.39 is 12.1 Å². The molecular weight excluding hydrogens is 406 g/mol. The minimum Gasteiger partial charge on any atom is -0.496 e. The number of benzene rings is 3. The van der Waals surface area contributed by atoms with E-state index in [0.29, 0.717) is 17.2 Å². The predicted molar refractivity (Wildman–Crippen MR) is 124 cm³/mol.